The molecule has 2 saturated carbocycles. The molecule has 0 aromatic heterocycles. The number of amides is 1. The van der Waals surface area contributed by atoms with Crippen LogP contribution in [-0.4, -0.2) is 96.1 Å². The zero-order chi connectivity index (χ0) is 40.1. The molecule has 0 bridgehead atoms. The molecule has 3 aliphatic carbocycles. The van der Waals surface area contributed by atoms with E-state index >= 15 is 0 Å². The summed E-state index contributed by atoms with van der Waals surface area (Å²) in [7, 11) is 0. The van der Waals surface area contributed by atoms with Gasteiger partial charge < -0.3 is 34.2 Å². The third-order valence-electron chi connectivity index (χ3n) is 13.0. The van der Waals surface area contributed by atoms with Crippen LogP contribution in [-0.2, 0) is 20.9 Å². The van der Waals surface area contributed by atoms with Crippen molar-refractivity contribution in [2.75, 3.05) is 52.7 Å². The third kappa shape index (κ3) is 8.44. The molecule has 3 aromatic rings. The van der Waals surface area contributed by atoms with Gasteiger partial charge in [-0.3, -0.25) is 9.69 Å². The summed E-state index contributed by atoms with van der Waals surface area (Å²) in [6.07, 6.45) is 11.3. The smallest absolute Gasteiger partial charge is 0.239 e. The summed E-state index contributed by atoms with van der Waals surface area (Å²) >= 11 is 0. The normalized spacial score (nSPS) is 26.6. The molecule has 1 amide bonds. The van der Waals surface area contributed by atoms with Gasteiger partial charge in [0.15, 0.2) is 0 Å². The van der Waals surface area contributed by atoms with Crippen molar-refractivity contribution in [2.24, 2.45) is 28.8 Å². The lowest BCUT2D eigenvalue weighted by Gasteiger charge is -2.60. The van der Waals surface area contributed by atoms with Crippen LogP contribution in [0.3, 0.4) is 0 Å². The third-order valence-corrected chi connectivity index (χ3v) is 13.0. The van der Waals surface area contributed by atoms with Crippen molar-refractivity contribution < 1.29 is 34.1 Å². The van der Waals surface area contributed by atoms with E-state index in [0.29, 0.717) is 32.6 Å². The van der Waals surface area contributed by atoms with Gasteiger partial charge in [-0.1, -0.05) is 72.6 Å². The van der Waals surface area contributed by atoms with E-state index < -0.39 is 11.8 Å². The van der Waals surface area contributed by atoms with Crippen LogP contribution in [0.25, 0.3) is 10.8 Å². The summed E-state index contributed by atoms with van der Waals surface area (Å²) in [5.74, 6) is 0.203. The SMILES string of the molecule is C=CCO[C@@]12Oc3ccc(OCCN4CC4)cc3[C@H]3[C@H](CCCCO)[C@@H](CCCCO)C=C(C(=NOCC)C[C@@H]1N(Cc1cccc4ccccc14)C(=O)C1CC1)[C@H]32. The van der Waals surface area contributed by atoms with Crippen LogP contribution in [0.2, 0.25) is 0 Å². The quantitative estimate of drug-likeness (QED) is 0.0491. The number of aliphatic hydroxyl groups excluding tert-OH is 2. The zero-order valence-electron chi connectivity index (χ0n) is 34.1. The number of aliphatic hydroxyl groups is 2. The summed E-state index contributed by atoms with van der Waals surface area (Å²) < 4.78 is 21.1. The van der Waals surface area contributed by atoms with E-state index in [-0.39, 0.29) is 55.3 Å². The predicted octanol–water partition coefficient (Wildman–Crippen LogP) is 7.63. The highest BCUT2D eigenvalue weighted by Gasteiger charge is 2.66. The van der Waals surface area contributed by atoms with Crippen molar-refractivity contribution in [1.82, 2.24) is 9.80 Å². The lowest BCUT2D eigenvalue weighted by molar-refractivity contribution is -0.258. The van der Waals surface area contributed by atoms with Gasteiger partial charge in [0.2, 0.25) is 11.7 Å². The molecule has 2 aliphatic heterocycles. The van der Waals surface area contributed by atoms with E-state index in [9.17, 15) is 15.0 Å². The zero-order valence-corrected chi connectivity index (χ0v) is 34.1. The van der Waals surface area contributed by atoms with Gasteiger partial charge in [0.1, 0.15) is 30.8 Å². The molecule has 3 fully saturated rings. The van der Waals surface area contributed by atoms with Gasteiger partial charge in [0.05, 0.1) is 18.2 Å². The molecule has 8 rings (SSSR count). The Bertz CT molecular complexity index is 1970. The highest BCUT2D eigenvalue weighted by atomic mass is 16.7. The molecule has 5 aliphatic rings. The summed E-state index contributed by atoms with van der Waals surface area (Å²) in [6, 6.07) is 20.4. The molecule has 10 nitrogen and oxygen atoms in total. The first-order valence-corrected chi connectivity index (χ1v) is 21.8. The van der Waals surface area contributed by atoms with Gasteiger partial charge in [-0.05, 0) is 97.4 Å². The number of ether oxygens (including phenoxy) is 3. The van der Waals surface area contributed by atoms with E-state index in [1.165, 1.54) is 0 Å². The minimum absolute atomic E-state index is 0.0533. The maximum Gasteiger partial charge on any atom is 0.239 e. The molecule has 2 heterocycles. The molecule has 58 heavy (non-hydrogen) atoms. The Morgan fingerprint density at radius 1 is 1.03 bits per heavy atom. The van der Waals surface area contributed by atoms with E-state index in [4.69, 9.17) is 24.2 Å². The van der Waals surface area contributed by atoms with Gasteiger partial charge in [0, 0.05) is 63.2 Å². The topological polar surface area (TPSA) is 113 Å². The minimum atomic E-state index is -1.29. The highest BCUT2D eigenvalue weighted by Crippen LogP contribution is 2.62. The number of benzene rings is 3. The Balaban J connectivity index is 1.32. The summed E-state index contributed by atoms with van der Waals surface area (Å²) in [5.41, 5.74) is 4.02. The Labute approximate surface area is 343 Å². The molecular weight excluding hydrogens is 731 g/mol. The molecule has 0 radical (unpaired) electrons. The molecule has 0 spiro atoms. The fourth-order valence-electron chi connectivity index (χ4n) is 9.99. The Kier molecular flexibility index (Phi) is 12.8. The molecule has 3 aromatic carbocycles. The minimum Gasteiger partial charge on any atom is -0.492 e. The average molecular weight is 792 g/mol. The first-order chi connectivity index (χ1) is 28.5. The number of hydrogen-bond acceptors (Lipinski definition) is 9. The lowest BCUT2D eigenvalue weighted by Crippen LogP contribution is -2.70. The molecule has 310 valence electrons. The Hall–Kier alpha value is -4.22. The second kappa shape index (κ2) is 18.4. The second-order valence-corrected chi connectivity index (χ2v) is 16.8. The van der Waals surface area contributed by atoms with Crippen LogP contribution >= 0.6 is 0 Å². The van der Waals surface area contributed by atoms with Crippen molar-refractivity contribution >= 4 is 22.4 Å². The van der Waals surface area contributed by atoms with Gasteiger partial charge in [-0.25, -0.2) is 0 Å². The van der Waals surface area contributed by atoms with E-state index in [1.54, 1.807) is 6.08 Å². The fraction of sp³-hybridized carbons (Fsp3) is 0.542. The monoisotopic (exact) mass is 791 g/mol. The van der Waals surface area contributed by atoms with Crippen LogP contribution in [0.15, 0.2) is 90.1 Å². The van der Waals surface area contributed by atoms with Gasteiger partial charge in [-0.15, -0.1) is 6.58 Å². The summed E-state index contributed by atoms with van der Waals surface area (Å²) in [4.78, 5) is 25.3. The lowest BCUT2D eigenvalue weighted by atomic mass is 9.55. The van der Waals surface area contributed by atoms with Crippen LogP contribution in [0, 0.1) is 23.7 Å². The standard InChI is InChI=1S/C48H61N3O7/c1-3-27-56-48-44(51(47(54)34-18-19-34)32-36-15-11-14-33-12-5-6-16-38(33)36)31-42(49-57-4-2)40-29-35(13-7-9-25-52)39(17-8-10-26-53)45(46(40)48)41-30-37(20-21-43(41)58-48)55-28-24-50-22-23-50/h3,5-6,11-12,14-16,20-21,29-30,34-35,39,44-46,52-53H,1,4,7-10,13,17-19,22-28,31-32H2,2H3/t35-,39+,44-,45+,46+,48+/m0/s1. The van der Waals surface area contributed by atoms with Gasteiger partial charge in [-0.2, -0.15) is 0 Å². The largest absolute Gasteiger partial charge is 0.492 e. The Morgan fingerprint density at radius 2 is 1.83 bits per heavy atom. The van der Waals surface area contributed by atoms with Gasteiger partial charge in [0.25, 0.3) is 0 Å². The predicted molar refractivity (Wildman–Crippen MR) is 226 cm³/mol. The molecule has 1 saturated heterocycles. The van der Waals surface area contributed by atoms with Crippen LogP contribution in [0.1, 0.15) is 81.8 Å². The maximum absolute atomic E-state index is 14.9. The maximum atomic E-state index is 14.9. The molecule has 6 atom stereocenters. The van der Waals surface area contributed by atoms with Gasteiger partial charge >= 0.3 is 0 Å². The molecular formula is C48H61N3O7. The van der Waals surface area contributed by atoms with Crippen LogP contribution < -0.4 is 9.47 Å². The number of oxime groups is 1. The first kappa shape index (κ1) is 40.6. The number of fused-ring (bicyclic) bond motifs is 3. The summed E-state index contributed by atoms with van der Waals surface area (Å²) in [6.45, 7) is 11.1. The second-order valence-electron chi connectivity index (χ2n) is 16.8. The van der Waals surface area contributed by atoms with Crippen LogP contribution in [0.4, 0.5) is 0 Å². The number of allylic oxidation sites excluding steroid dienone is 1. The van der Waals surface area contributed by atoms with Crippen molar-refractivity contribution in [1.29, 1.82) is 0 Å². The number of carbonyl (C=O) groups excluding carboxylic acids is 1. The number of unbranched alkanes of at least 4 members (excludes halogenated alkanes) is 2. The van der Waals surface area contributed by atoms with Crippen LogP contribution in [0.5, 0.6) is 11.5 Å². The average Bonchev–Trinajstić information content (AvgIpc) is 4.19. The summed E-state index contributed by atoms with van der Waals surface area (Å²) in [5, 5.41) is 27.0. The number of carbonyl (C=O) groups is 1. The molecule has 0 unspecified atom stereocenters. The highest BCUT2D eigenvalue weighted by molar-refractivity contribution is 6.03. The van der Waals surface area contributed by atoms with Crippen molar-refractivity contribution in [3.8, 4) is 11.5 Å². The Morgan fingerprint density at radius 3 is 2.59 bits per heavy atom. The number of hydrogen-bond donors (Lipinski definition) is 2. The molecule has 10 heteroatoms. The first-order valence-electron chi connectivity index (χ1n) is 21.8. The van der Waals surface area contributed by atoms with E-state index in [2.05, 4.69) is 71.0 Å². The molecule has 2 N–H and O–H groups in total. The van der Waals surface area contributed by atoms with E-state index in [1.807, 2.05) is 19.1 Å². The van der Waals surface area contributed by atoms with Crippen molar-refractivity contribution in [3.63, 3.8) is 0 Å². The number of nitrogens with zero attached hydrogens (tertiary/aromatic N) is 3. The van der Waals surface area contributed by atoms with Crippen molar-refractivity contribution in [3.05, 3.63) is 96.1 Å². The number of rotatable bonds is 21. The fourth-order valence-corrected chi connectivity index (χ4v) is 9.99. The van der Waals surface area contributed by atoms with Crippen molar-refractivity contribution in [2.45, 2.75) is 89.0 Å². The van der Waals surface area contributed by atoms with E-state index in [0.717, 1.165) is 109 Å².